The fourth-order valence-corrected chi connectivity index (χ4v) is 1.65. The highest BCUT2D eigenvalue weighted by atomic mass is 16.4. The number of nitrogens with one attached hydrogen (secondary N) is 2. The van der Waals surface area contributed by atoms with Gasteiger partial charge in [-0.1, -0.05) is 12.0 Å². The first kappa shape index (κ1) is 12.0. The Morgan fingerprint density at radius 3 is 2.94 bits per heavy atom. The first-order valence-electron chi connectivity index (χ1n) is 6.05. The van der Waals surface area contributed by atoms with Gasteiger partial charge >= 0.3 is 6.01 Å². The number of carbonyl (C=O) groups excluding carboxylic acids is 1. The number of rotatable bonds is 6. The van der Waals surface area contributed by atoms with Gasteiger partial charge < -0.3 is 9.73 Å². The van der Waals surface area contributed by atoms with Gasteiger partial charge in [-0.2, -0.15) is 0 Å². The average molecular weight is 238 g/mol. The third-order valence-electron chi connectivity index (χ3n) is 2.66. The smallest absolute Gasteiger partial charge is 0.322 e. The zero-order valence-corrected chi connectivity index (χ0v) is 10.2. The van der Waals surface area contributed by atoms with Gasteiger partial charge in [0.15, 0.2) is 0 Å². The number of anilines is 1. The van der Waals surface area contributed by atoms with E-state index in [-0.39, 0.29) is 18.0 Å². The van der Waals surface area contributed by atoms with Crippen LogP contribution in [0.15, 0.2) is 4.42 Å². The molecule has 0 saturated heterocycles. The van der Waals surface area contributed by atoms with E-state index in [1.807, 2.05) is 13.8 Å². The van der Waals surface area contributed by atoms with Gasteiger partial charge in [0.2, 0.25) is 11.8 Å². The van der Waals surface area contributed by atoms with Crippen molar-refractivity contribution in [1.29, 1.82) is 0 Å². The SMILES string of the molecule is CCNC(C)CC(=O)Nc1nnc(C2CC2)o1. The van der Waals surface area contributed by atoms with E-state index >= 15 is 0 Å². The van der Waals surface area contributed by atoms with Gasteiger partial charge in [-0.3, -0.25) is 10.1 Å². The minimum Gasteiger partial charge on any atom is -0.408 e. The van der Waals surface area contributed by atoms with Crippen molar-refractivity contribution in [2.24, 2.45) is 0 Å². The van der Waals surface area contributed by atoms with E-state index in [4.69, 9.17) is 4.42 Å². The maximum Gasteiger partial charge on any atom is 0.322 e. The quantitative estimate of drug-likeness (QED) is 0.780. The van der Waals surface area contributed by atoms with E-state index in [2.05, 4.69) is 20.8 Å². The zero-order chi connectivity index (χ0) is 12.3. The molecular weight excluding hydrogens is 220 g/mol. The molecule has 1 atom stereocenters. The Balaban J connectivity index is 1.80. The molecule has 1 amide bonds. The van der Waals surface area contributed by atoms with E-state index in [1.54, 1.807) is 0 Å². The summed E-state index contributed by atoms with van der Waals surface area (Å²) in [7, 11) is 0. The second-order valence-corrected chi connectivity index (χ2v) is 4.43. The molecule has 1 unspecified atom stereocenters. The highest BCUT2D eigenvalue weighted by molar-refractivity contribution is 5.88. The summed E-state index contributed by atoms with van der Waals surface area (Å²) >= 11 is 0. The lowest BCUT2D eigenvalue weighted by atomic mass is 10.2. The molecule has 0 aromatic carbocycles. The number of carbonyl (C=O) groups is 1. The van der Waals surface area contributed by atoms with Crippen LogP contribution < -0.4 is 10.6 Å². The molecule has 2 N–H and O–H groups in total. The molecule has 1 fully saturated rings. The third-order valence-corrected chi connectivity index (χ3v) is 2.66. The van der Waals surface area contributed by atoms with Gasteiger partial charge in [0, 0.05) is 18.4 Å². The molecule has 1 aromatic heterocycles. The zero-order valence-electron chi connectivity index (χ0n) is 10.2. The summed E-state index contributed by atoms with van der Waals surface area (Å²) in [4.78, 5) is 11.6. The molecule has 17 heavy (non-hydrogen) atoms. The van der Waals surface area contributed by atoms with Crippen molar-refractivity contribution in [2.45, 2.75) is 45.1 Å². The van der Waals surface area contributed by atoms with Crippen molar-refractivity contribution in [1.82, 2.24) is 15.5 Å². The summed E-state index contributed by atoms with van der Waals surface area (Å²) < 4.78 is 5.35. The van der Waals surface area contributed by atoms with Gasteiger partial charge in [-0.25, -0.2) is 0 Å². The summed E-state index contributed by atoms with van der Waals surface area (Å²) in [6.07, 6.45) is 2.61. The topological polar surface area (TPSA) is 80.0 Å². The number of nitrogens with zero attached hydrogens (tertiary/aromatic N) is 2. The Kier molecular flexibility index (Phi) is 3.73. The van der Waals surface area contributed by atoms with Crippen LogP contribution in [0.2, 0.25) is 0 Å². The van der Waals surface area contributed by atoms with Crippen molar-refractivity contribution in [2.75, 3.05) is 11.9 Å². The number of hydrogen-bond acceptors (Lipinski definition) is 5. The summed E-state index contributed by atoms with van der Waals surface area (Å²) in [6, 6.07) is 0.353. The minimum atomic E-state index is -0.107. The number of aromatic nitrogens is 2. The van der Waals surface area contributed by atoms with Crippen LogP contribution in [0.1, 0.15) is 44.9 Å². The van der Waals surface area contributed by atoms with Crippen LogP contribution in [0.4, 0.5) is 6.01 Å². The first-order valence-corrected chi connectivity index (χ1v) is 6.05. The molecular formula is C11H18N4O2. The Labute approximate surface area is 100 Å². The normalized spacial score (nSPS) is 16.8. The fourth-order valence-electron chi connectivity index (χ4n) is 1.65. The molecule has 94 valence electrons. The van der Waals surface area contributed by atoms with Crippen LogP contribution in [0.25, 0.3) is 0 Å². The monoisotopic (exact) mass is 238 g/mol. The van der Waals surface area contributed by atoms with E-state index in [1.165, 1.54) is 0 Å². The summed E-state index contributed by atoms with van der Waals surface area (Å²) in [5.41, 5.74) is 0. The molecule has 1 saturated carbocycles. The Bertz CT molecular complexity index is 387. The summed E-state index contributed by atoms with van der Waals surface area (Å²) in [6.45, 7) is 4.82. The van der Waals surface area contributed by atoms with Crippen molar-refractivity contribution < 1.29 is 9.21 Å². The van der Waals surface area contributed by atoms with Crippen LogP contribution in [-0.4, -0.2) is 28.7 Å². The van der Waals surface area contributed by atoms with Crippen molar-refractivity contribution >= 4 is 11.9 Å². The molecule has 0 aliphatic heterocycles. The largest absolute Gasteiger partial charge is 0.408 e. The van der Waals surface area contributed by atoms with Gasteiger partial charge in [-0.05, 0) is 26.3 Å². The highest BCUT2D eigenvalue weighted by Crippen LogP contribution is 2.39. The molecule has 1 aliphatic rings. The number of hydrogen-bond donors (Lipinski definition) is 2. The average Bonchev–Trinajstić information content (AvgIpc) is 3.01. The first-order chi connectivity index (χ1) is 8.19. The van der Waals surface area contributed by atoms with Crippen molar-refractivity contribution in [3.63, 3.8) is 0 Å². The summed E-state index contributed by atoms with van der Waals surface area (Å²) in [5, 5.41) is 13.5. The fraction of sp³-hybridized carbons (Fsp3) is 0.727. The number of amides is 1. The van der Waals surface area contributed by atoms with E-state index in [9.17, 15) is 4.79 Å². The molecule has 0 radical (unpaired) electrons. The maximum absolute atomic E-state index is 11.6. The molecule has 6 nitrogen and oxygen atoms in total. The third kappa shape index (κ3) is 3.52. The van der Waals surface area contributed by atoms with Crippen LogP contribution in [0.3, 0.4) is 0 Å². The van der Waals surface area contributed by atoms with Gasteiger partial charge in [0.1, 0.15) is 0 Å². The molecule has 1 aliphatic carbocycles. The minimum absolute atomic E-state index is 0.107. The van der Waals surface area contributed by atoms with Crippen LogP contribution in [0, 0.1) is 0 Å². The molecule has 2 rings (SSSR count). The maximum atomic E-state index is 11.6. The van der Waals surface area contributed by atoms with Crippen molar-refractivity contribution in [3.05, 3.63) is 5.89 Å². The Hall–Kier alpha value is -1.43. The van der Waals surface area contributed by atoms with E-state index < -0.39 is 0 Å². The molecule has 0 spiro atoms. The van der Waals surface area contributed by atoms with Crippen LogP contribution in [0.5, 0.6) is 0 Å². The second-order valence-electron chi connectivity index (χ2n) is 4.43. The Morgan fingerprint density at radius 1 is 1.53 bits per heavy atom. The molecule has 6 heteroatoms. The standard InChI is InChI=1S/C11H18N4O2/c1-3-12-7(2)6-9(16)13-11-15-14-10(17-11)8-4-5-8/h7-8,12H,3-6H2,1-2H3,(H,13,15,16). The predicted molar refractivity (Wildman–Crippen MR) is 62.7 cm³/mol. The van der Waals surface area contributed by atoms with Crippen LogP contribution >= 0.6 is 0 Å². The Morgan fingerprint density at radius 2 is 2.29 bits per heavy atom. The van der Waals surface area contributed by atoms with Gasteiger partial charge in [0.05, 0.1) is 0 Å². The second kappa shape index (κ2) is 5.27. The van der Waals surface area contributed by atoms with Crippen molar-refractivity contribution in [3.8, 4) is 0 Å². The lowest BCUT2D eigenvalue weighted by Gasteiger charge is -2.10. The summed E-state index contributed by atoms with van der Waals surface area (Å²) in [5.74, 6) is 0.943. The lowest BCUT2D eigenvalue weighted by Crippen LogP contribution is -2.30. The highest BCUT2D eigenvalue weighted by Gasteiger charge is 2.29. The van der Waals surface area contributed by atoms with Gasteiger partial charge in [-0.15, -0.1) is 5.10 Å². The molecule has 1 aromatic rings. The van der Waals surface area contributed by atoms with Crippen LogP contribution in [-0.2, 0) is 4.79 Å². The van der Waals surface area contributed by atoms with E-state index in [0.29, 0.717) is 18.2 Å². The molecule has 1 heterocycles. The van der Waals surface area contributed by atoms with Gasteiger partial charge in [0.25, 0.3) is 0 Å². The van der Waals surface area contributed by atoms with E-state index in [0.717, 1.165) is 19.4 Å². The molecule has 0 bridgehead atoms. The predicted octanol–water partition coefficient (Wildman–Crippen LogP) is 1.27. The lowest BCUT2D eigenvalue weighted by molar-refractivity contribution is -0.116.